The molecule has 0 amide bonds. The van der Waals surface area contributed by atoms with Gasteiger partial charge in [0.25, 0.3) is 0 Å². The summed E-state index contributed by atoms with van der Waals surface area (Å²) in [6, 6.07) is 0. The fraction of sp³-hybridized carbons (Fsp3) is 0.962. The Morgan fingerprint density at radius 1 is 1.06 bits per heavy atom. The zero-order valence-corrected chi connectivity index (χ0v) is 20.0. The van der Waals surface area contributed by atoms with Gasteiger partial charge in [0.15, 0.2) is 12.6 Å². The number of carbonyl (C=O) groups excluding carboxylic acids is 1. The smallest absolute Gasteiger partial charge is 0.157 e. The molecule has 0 aromatic rings. The topological polar surface area (TPSA) is 74.2 Å². The van der Waals surface area contributed by atoms with Crippen molar-refractivity contribution < 1.29 is 28.8 Å². The van der Waals surface area contributed by atoms with Crippen LogP contribution >= 0.6 is 0 Å². The maximum absolute atomic E-state index is 12.2. The largest absolute Gasteiger partial charge is 0.389 e. The summed E-state index contributed by atoms with van der Waals surface area (Å²) in [5, 5.41) is 11.3. The predicted octanol–water partition coefficient (Wildman–Crippen LogP) is 4.90. The highest BCUT2D eigenvalue weighted by Crippen LogP contribution is 2.52. The monoisotopic (exact) mass is 452 g/mol. The van der Waals surface area contributed by atoms with Crippen molar-refractivity contribution in [1.82, 2.24) is 0 Å². The number of ether oxygens (including phenoxy) is 4. The van der Waals surface area contributed by atoms with E-state index in [-0.39, 0.29) is 48.8 Å². The highest BCUT2D eigenvalue weighted by Gasteiger charge is 2.58. The number of rotatable bonds is 11. The normalized spacial score (nSPS) is 38.7. The van der Waals surface area contributed by atoms with Crippen molar-refractivity contribution in [2.75, 3.05) is 13.2 Å². The van der Waals surface area contributed by atoms with Gasteiger partial charge in [0.1, 0.15) is 5.78 Å². The lowest BCUT2D eigenvalue weighted by atomic mass is 9.84. The molecule has 2 saturated carbocycles. The van der Waals surface area contributed by atoms with Crippen LogP contribution in [0.1, 0.15) is 103 Å². The van der Waals surface area contributed by atoms with E-state index in [2.05, 4.69) is 6.92 Å². The van der Waals surface area contributed by atoms with Gasteiger partial charge in [0, 0.05) is 38.4 Å². The van der Waals surface area contributed by atoms with Gasteiger partial charge in [-0.3, -0.25) is 4.79 Å². The van der Waals surface area contributed by atoms with Crippen molar-refractivity contribution in [3.05, 3.63) is 0 Å². The molecule has 0 spiro atoms. The van der Waals surface area contributed by atoms with Crippen LogP contribution in [0.5, 0.6) is 0 Å². The molecule has 1 N–H and O–H groups in total. The summed E-state index contributed by atoms with van der Waals surface area (Å²) in [6.07, 6.45) is 14.1. The Labute approximate surface area is 193 Å². The van der Waals surface area contributed by atoms with E-state index in [1.54, 1.807) is 0 Å². The average Bonchev–Trinajstić information content (AvgIpc) is 3.21. The Hall–Kier alpha value is -0.530. The molecule has 0 aromatic carbocycles. The van der Waals surface area contributed by atoms with Crippen molar-refractivity contribution in [1.29, 1.82) is 0 Å². The fourth-order valence-electron chi connectivity index (χ4n) is 6.38. The lowest BCUT2D eigenvalue weighted by molar-refractivity contribution is -0.201. The van der Waals surface area contributed by atoms with Gasteiger partial charge < -0.3 is 24.1 Å². The van der Waals surface area contributed by atoms with Crippen LogP contribution in [0, 0.1) is 11.8 Å². The van der Waals surface area contributed by atoms with Crippen LogP contribution in [0.25, 0.3) is 0 Å². The van der Waals surface area contributed by atoms with Gasteiger partial charge in [-0.2, -0.15) is 0 Å². The van der Waals surface area contributed by atoms with Crippen LogP contribution in [-0.2, 0) is 23.7 Å². The van der Waals surface area contributed by atoms with E-state index in [9.17, 15) is 9.90 Å². The van der Waals surface area contributed by atoms with E-state index in [1.807, 2.05) is 0 Å². The summed E-state index contributed by atoms with van der Waals surface area (Å²) in [5.41, 5.74) is -0.897. The van der Waals surface area contributed by atoms with Crippen LogP contribution in [0.2, 0.25) is 0 Å². The molecular weight excluding hydrogens is 408 g/mol. The molecule has 184 valence electrons. The highest BCUT2D eigenvalue weighted by molar-refractivity contribution is 5.83. The summed E-state index contributed by atoms with van der Waals surface area (Å²) < 4.78 is 24.6. The third-order valence-corrected chi connectivity index (χ3v) is 8.09. The van der Waals surface area contributed by atoms with Crippen LogP contribution < -0.4 is 0 Å². The molecule has 4 aliphatic rings. The van der Waals surface area contributed by atoms with Gasteiger partial charge in [0.2, 0.25) is 0 Å². The number of hydrogen-bond acceptors (Lipinski definition) is 6. The van der Waals surface area contributed by atoms with Gasteiger partial charge in [-0.1, -0.05) is 26.2 Å². The van der Waals surface area contributed by atoms with Crippen LogP contribution in [0.4, 0.5) is 0 Å². The molecule has 0 aromatic heterocycles. The second-order valence-corrected chi connectivity index (χ2v) is 10.6. The predicted molar refractivity (Wildman–Crippen MR) is 121 cm³/mol. The molecule has 32 heavy (non-hydrogen) atoms. The third kappa shape index (κ3) is 6.32. The first-order valence-corrected chi connectivity index (χ1v) is 13.4. The number of fused-ring (bicyclic) bond motifs is 1. The van der Waals surface area contributed by atoms with E-state index in [4.69, 9.17) is 18.9 Å². The van der Waals surface area contributed by atoms with E-state index < -0.39 is 5.60 Å². The summed E-state index contributed by atoms with van der Waals surface area (Å²) >= 11 is 0. The molecule has 0 bridgehead atoms. The minimum Gasteiger partial charge on any atom is -0.389 e. The Morgan fingerprint density at radius 3 is 2.50 bits per heavy atom. The lowest BCUT2D eigenvalue weighted by Crippen LogP contribution is -2.33. The Bertz CT molecular complexity index is 585. The summed E-state index contributed by atoms with van der Waals surface area (Å²) in [6.45, 7) is 3.78. The summed E-state index contributed by atoms with van der Waals surface area (Å²) in [7, 11) is 0. The lowest BCUT2D eigenvalue weighted by Gasteiger charge is -2.32. The second-order valence-electron chi connectivity index (χ2n) is 10.6. The van der Waals surface area contributed by atoms with Gasteiger partial charge >= 0.3 is 0 Å². The van der Waals surface area contributed by atoms with Crippen molar-refractivity contribution in [2.45, 2.75) is 134 Å². The van der Waals surface area contributed by atoms with Gasteiger partial charge in [0.05, 0.1) is 17.8 Å². The molecule has 0 radical (unpaired) electrons. The number of ketones is 1. The average molecular weight is 453 g/mol. The van der Waals surface area contributed by atoms with Gasteiger partial charge in [-0.15, -0.1) is 0 Å². The quantitative estimate of drug-likeness (QED) is 0.450. The molecule has 2 aliphatic heterocycles. The zero-order chi connectivity index (χ0) is 22.4. The highest BCUT2D eigenvalue weighted by atomic mass is 16.7. The van der Waals surface area contributed by atoms with Crippen LogP contribution in [-0.4, -0.2) is 54.5 Å². The minimum atomic E-state index is -0.897. The summed E-state index contributed by atoms with van der Waals surface area (Å²) in [4.78, 5) is 12.2. The molecule has 2 heterocycles. The van der Waals surface area contributed by atoms with Crippen molar-refractivity contribution in [3.63, 3.8) is 0 Å². The molecular formula is C26H44O6. The molecule has 2 saturated heterocycles. The Kier molecular flexibility index (Phi) is 9.02. The van der Waals surface area contributed by atoms with Crippen LogP contribution in [0.3, 0.4) is 0 Å². The molecule has 2 unspecified atom stereocenters. The van der Waals surface area contributed by atoms with Gasteiger partial charge in [-0.05, 0) is 63.7 Å². The molecule has 4 rings (SSSR count). The Morgan fingerprint density at radius 2 is 1.81 bits per heavy atom. The van der Waals surface area contributed by atoms with Crippen molar-refractivity contribution >= 4 is 5.78 Å². The van der Waals surface area contributed by atoms with Crippen LogP contribution in [0.15, 0.2) is 0 Å². The maximum Gasteiger partial charge on any atom is 0.157 e. The van der Waals surface area contributed by atoms with E-state index in [0.29, 0.717) is 12.8 Å². The number of hydrogen-bond donors (Lipinski definition) is 1. The first-order valence-electron chi connectivity index (χ1n) is 13.4. The molecule has 6 nitrogen and oxygen atoms in total. The standard InChI is InChI=1S/C26H44O6/c1-2-3-4-9-20(31-24-10-5-7-14-29-24)12-13-21-22-16-19(27)17-26(22,28)18-23(21)32-25-11-6-8-15-30-25/h20-25,28H,2-18H2,1H3/t20-,21+,22-,23+,24?,25?,26+/m0/s1. The van der Waals surface area contributed by atoms with Gasteiger partial charge in [-0.25, -0.2) is 0 Å². The molecule has 7 atom stereocenters. The Balaban J connectivity index is 1.38. The first kappa shape index (κ1) is 24.6. The zero-order valence-electron chi connectivity index (χ0n) is 20.0. The fourth-order valence-corrected chi connectivity index (χ4v) is 6.38. The SMILES string of the molecule is CCCCC[C@@H](CC[C@H]1[C@H](OC2CCCCO2)C[C@]2(O)CC(=O)C[C@@H]12)OC1CCCCO1. The van der Waals surface area contributed by atoms with E-state index in [1.165, 1.54) is 25.7 Å². The summed E-state index contributed by atoms with van der Waals surface area (Å²) in [5.74, 6) is 0.383. The number of aliphatic hydroxyl groups is 1. The van der Waals surface area contributed by atoms with E-state index >= 15 is 0 Å². The first-order chi connectivity index (χ1) is 15.6. The number of Topliss-reactive ketones (excluding diaryl/α,β-unsaturated/α-hetero) is 1. The molecule has 4 fully saturated rings. The number of carbonyl (C=O) groups is 1. The third-order valence-electron chi connectivity index (χ3n) is 8.09. The maximum atomic E-state index is 12.2. The number of unbranched alkanes of at least 4 members (excludes halogenated alkanes) is 2. The minimum absolute atomic E-state index is 0.00538. The van der Waals surface area contributed by atoms with E-state index in [0.717, 1.165) is 64.6 Å². The second kappa shape index (κ2) is 11.7. The van der Waals surface area contributed by atoms with Crippen molar-refractivity contribution in [2.24, 2.45) is 11.8 Å². The molecule has 2 aliphatic carbocycles. The molecule has 6 heteroatoms. The van der Waals surface area contributed by atoms with Crippen molar-refractivity contribution in [3.8, 4) is 0 Å².